The molecule has 1 aliphatic rings. The molecule has 0 spiro atoms. The van der Waals surface area contributed by atoms with Gasteiger partial charge in [0.1, 0.15) is 12.3 Å². The third kappa shape index (κ3) is 6.75. The standard InChI is InChI=1S/C17H28N4O4/c1-17(24-11-12-25-17)7-9-19-16(20-13-15(22)21(2)3)18-8-6-14-5-4-10-23-14/h4-5,10H,6-9,11-13H2,1-3H3,(H2,18,19,20). The van der Waals surface area contributed by atoms with Gasteiger partial charge >= 0.3 is 0 Å². The van der Waals surface area contributed by atoms with Gasteiger partial charge in [0, 0.05) is 40.0 Å². The van der Waals surface area contributed by atoms with Crippen molar-refractivity contribution >= 4 is 11.9 Å². The molecule has 2 heterocycles. The molecule has 0 saturated carbocycles. The SMILES string of the molecule is CN(C)C(=O)CN=C(NCCc1ccco1)NCCC1(C)OCCO1. The van der Waals surface area contributed by atoms with Crippen LogP contribution in [0.15, 0.2) is 27.8 Å². The van der Waals surface area contributed by atoms with Crippen LogP contribution < -0.4 is 10.6 Å². The number of hydrogen-bond donors (Lipinski definition) is 2. The van der Waals surface area contributed by atoms with Gasteiger partial charge in [0.25, 0.3) is 0 Å². The fourth-order valence-corrected chi connectivity index (χ4v) is 2.33. The first-order valence-corrected chi connectivity index (χ1v) is 8.51. The van der Waals surface area contributed by atoms with E-state index in [1.54, 1.807) is 20.4 Å². The van der Waals surface area contributed by atoms with Crippen LogP contribution in [0.25, 0.3) is 0 Å². The van der Waals surface area contributed by atoms with Crippen molar-refractivity contribution in [3.05, 3.63) is 24.2 Å². The van der Waals surface area contributed by atoms with Gasteiger partial charge in [-0.1, -0.05) is 0 Å². The van der Waals surface area contributed by atoms with E-state index in [2.05, 4.69) is 15.6 Å². The lowest BCUT2D eigenvalue weighted by molar-refractivity contribution is -0.145. The quantitative estimate of drug-likeness (QED) is 0.526. The Morgan fingerprint density at radius 2 is 2.00 bits per heavy atom. The molecular formula is C17H28N4O4. The molecule has 0 aromatic carbocycles. The van der Waals surface area contributed by atoms with Crippen LogP contribution >= 0.6 is 0 Å². The highest BCUT2D eigenvalue weighted by molar-refractivity contribution is 5.84. The maximum Gasteiger partial charge on any atom is 0.243 e. The highest BCUT2D eigenvalue weighted by Gasteiger charge is 2.30. The van der Waals surface area contributed by atoms with Gasteiger partial charge in [0.15, 0.2) is 11.7 Å². The number of likely N-dealkylation sites (N-methyl/N-ethyl adjacent to an activating group) is 1. The maximum atomic E-state index is 11.8. The van der Waals surface area contributed by atoms with E-state index in [1.165, 1.54) is 4.90 Å². The van der Waals surface area contributed by atoms with Gasteiger partial charge in [-0.15, -0.1) is 0 Å². The monoisotopic (exact) mass is 352 g/mol. The van der Waals surface area contributed by atoms with Crippen LogP contribution in [0.5, 0.6) is 0 Å². The van der Waals surface area contributed by atoms with Crippen molar-refractivity contribution in [1.29, 1.82) is 0 Å². The first-order chi connectivity index (χ1) is 12.0. The molecule has 1 fully saturated rings. The first kappa shape index (κ1) is 19.3. The zero-order chi connectivity index (χ0) is 18.1. The van der Waals surface area contributed by atoms with Gasteiger partial charge in [-0.3, -0.25) is 4.79 Å². The average molecular weight is 352 g/mol. The van der Waals surface area contributed by atoms with Gasteiger partial charge in [-0.05, 0) is 19.1 Å². The predicted octanol–water partition coefficient (Wildman–Crippen LogP) is 0.599. The van der Waals surface area contributed by atoms with E-state index in [0.29, 0.717) is 38.7 Å². The van der Waals surface area contributed by atoms with E-state index in [0.717, 1.165) is 12.2 Å². The number of nitrogens with zero attached hydrogens (tertiary/aromatic N) is 2. The van der Waals surface area contributed by atoms with Crippen molar-refractivity contribution in [2.45, 2.75) is 25.6 Å². The van der Waals surface area contributed by atoms with Crippen LogP contribution in [0.4, 0.5) is 0 Å². The van der Waals surface area contributed by atoms with Gasteiger partial charge in [-0.25, -0.2) is 4.99 Å². The third-order valence-electron chi connectivity index (χ3n) is 3.88. The van der Waals surface area contributed by atoms with E-state index >= 15 is 0 Å². The Labute approximate surface area is 148 Å². The second-order valence-corrected chi connectivity index (χ2v) is 6.22. The summed E-state index contributed by atoms with van der Waals surface area (Å²) in [5, 5.41) is 6.44. The molecule has 1 aromatic rings. The number of guanidine groups is 1. The lowest BCUT2D eigenvalue weighted by Crippen LogP contribution is -2.42. The Hall–Kier alpha value is -2.06. The maximum absolute atomic E-state index is 11.8. The molecule has 1 aromatic heterocycles. The summed E-state index contributed by atoms with van der Waals surface area (Å²) in [6, 6.07) is 3.79. The molecule has 0 radical (unpaired) electrons. The minimum absolute atomic E-state index is 0.0541. The number of amides is 1. The molecule has 1 amide bonds. The molecule has 0 aliphatic carbocycles. The first-order valence-electron chi connectivity index (χ1n) is 8.51. The number of hydrogen-bond acceptors (Lipinski definition) is 5. The number of furan rings is 1. The topological polar surface area (TPSA) is 88.3 Å². The molecule has 8 heteroatoms. The van der Waals surface area contributed by atoms with Crippen molar-refractivity contribution in [3.63, 3.8) is 0 Å². The Morgan fingerprint density at radius 3 is 2.64 bits per heavy atom. The van der Waals surface area contributed by atoms with E-state index in [-0.39, 0.29) is 12.5 Å². The average Bonchev–Trinajstić information content (AvgIpc) is 3.23. The summed E-state index contributed by atoms with van der Waals surface area (Å²) in [7, 11) is 3.43. The molecule has 2 rings (SSSR count). The normalized spacial score (nSPS) is 16.7. The largest absolute Gasteiger partial charge is 0.469 e. The molecule has 0 bridgehead atoms. The predicted molar refractivity (Wildman–Crippen MR) is 94.3 cm³/mol. The second kappa shape index (κ2) is 9.43. The lowest BCUT2D eigenvalue weighted by atomic mass is 10.2. The summed E-state index contributed by atoms with van der Waals surface area (Å²) in [6.07, 6.45) is 3.08. The molecule has 0 atom stereocenters. The Bertz CT molecular complexity index is 551. The van der Waals surface area contributed by atoms with Crippen molar-refractivity contribution in [2.75, 3.05) is 46.9 Å². The zero-order valence-corrected chi connectivity index (χ0v) is 15.2. The molecule has 140 valence electrons. The molecule has 0 unspecified atom stereocenters. The highest BCUT2D eigenvalue weighted by Crippen LogP contribution is 2.21. The fourth-order valence-electron chi connectivity index (χ4n) is 2.33. The van der Waals surface area contributed by atoms with E-state index in [4.69, 9.17) is 13.9 Å². The number of ether oxygens (including phenoxy) is 2. The summed E-state index contributed by atoms with van der Waals surface area (Å²) >= 11 is 0. The van der Waals surface area contributed by atoms with E-state index < -0.39 is 5.79 Å². The molecule has 8 nitrogen and oxygen atoms in total. The van der Waals surface area contributed by atoms with Gasteiger partial charge in [0.2, 0.25) is 5.91 Å². The Kier molecular flexibility index (Phi) is 7.27. The Morgan fingerprint density at radius 1 is 1.28 bits per heavy atom. The van der Waals surface area contributed by atoms with E-state index in [9.17, 15) is 4.79 Å². The van der Waals surface area contributed by atoms with Crippen LogP contribution in [0.1, 0.15) is 19.1 Å². The third-order valence-corrected chi connectivity index (χ3v) is 3.88. The number of carbonyl (C=O) groups excluding carboxylic acids is 1. The van der Waals surface area contributed by atoms with Crippen molar-refractivity contribution < 1.29 is 18.7 Å². The smallest absolute Gasteiger partial charge is 0.243 e. The van der Waals surface area contributed by atoms with Gasteiger partial charge < -0.3 is 29.4 Å². The van der Waals surface area contributed by atoms with E-state index in [1.807, 2.05) is 19.1 Å². The summed E-state index contributed by atoms with van der Waals surface area (Å²) in [5.41, 5.74) is 0. The molecule has 25 heavy (non-hydrogen) atoms. The second-order valence-electron chi connectivity index (χ2n) is 6.22. The lowest BCUT2D eigenvalue weighted by Gasteiger charge is -2.23. The number of carbonyl (C=O) groups is 1. The van der Waals surface area contributed by atoms with Crippen molar-refractivity contribution in [1.82, 2.24) is 15.5 Å². The van der Waals surface area contributed by atoms with Crippen LogP contribution in [0, 0.1) is 0 Å². The minimum Gasteiger partial charge on any atom is -0.469 e. The molecule has 1 aliphatic heterocycles. The number of rotatable bonds is 8. The Balaban J connectivity index is 1.81. The molecule has 2 N–H and O–H groups in total. The van der Waals surface area contributed by atoms with Crippen LogP contribution in [0.3, 0.4) is 0 Å². The van der Waals surface area contributed by atoms with Gasteiger partial charge in [0.05, 0.1) is 19.5 Å². The summed E-state index contributed by atoms with van der Waals surface area (Å²) in [6.45, 7) is 4.54. The fraction of sp³-hybridized carbons (Fsp3) is 0.647. The highest BCUT2D eigenvalue weighted by atomic mass is 16.7. The van der Waals surface area contributed by atoms with Crippen molar-refractivity contribution in [2.24, 2.45) is 4.99 Å². The molecular weight excluding hydrogens is 324 g/mol. The van der Waals surface area contributed by atoms with Crippen LogP contribution in [-0.4, -0.2) is 69.5 Å². The van der Waals surface area contributed by atoms with Gasteiger partial charge in [-0.2, -0.15) is 0 Å². The summed E-state index contributed by atoms with van der Waals surface area (Å²) < 4.78 is 16.5. The van der Waals surface area contributed by atoms with Crippen molar-refractivity contribution in [3.8, 4) is 0 Å². The molecule has 1 saturated heterocycles. The zero-order valence-electron chi connectivity index (χ0n) is 15.2. The summed E-state index contributed by atoms with van der Waals surface area (Å²) in [4.78, 5) is 17.6. The van der Waals surface area contributed by atoms with Crippen LogP contribution in [0.2, 0.25) is 0 Å². The number of nitrogens with one attached hydrogen (secondary N) is 2. The van der Waals surface area contributed by atoms with Crippen LogP contribution in [-0.2, 0) is 20.7 Å². The minimum atomic E-state index is -0.550. The summed E-state index contributed by atoms with van der Waals surface area (Å²) in [5.74, 6) is 0.882. The number of aliphatic imine (C=N–C) groups is 1.